The molecule has 0 radical (unpaired) electrons. The van der Waals surface area contributed by atoms with E-state index in [4.69, 9.17) is 13.9 Å². The highest BCUT2D eigenvalue weighted by Crippen LogP contribution is 2.23. The van der Waals surface area contributed by atoms with E-state index in [9.17, 15) is 14.0 Å². The number of carbonyl (C=O) groups is 1. The number of aryl methyl sites for hydroxylation is 1. The van der Waals surface area contributed by atoms with Gasteiger partial charge in [0.05, 0.1) is 7.11 Å². The lowest BCUT2D eigenvalue weighted by Gasteiger charge is -2.08. The molecule has 0 saturated heterocycles. The second-order valence-corrected chi connectivity index (χ2v) is 5.70. The summed E-state index contributed by atoms with van der Waals surface area (Å²) in [5.41, 5.74) is 0.818. The average Bonchev–Trinajstić information content (AvgIpc) is 2.64. The standard InChI is InChI=1S/C20H17FO5/c1-24-15-7-8-16-14(10-20(23)26-18(16)11-15)12-25-19(22)9-6-13-4-2-3-5-17(13)21/h2-5,7-8,10-11H,6,9,12H2,1H3. The Hall–Kier alpha value is -3.15. The van der Waals surface area contributed by atoms with Gasteiger partial charge in [-0.05, 0) is 30.2 Å². The van der Waals surface area contributed by atoms with Gasteiger partial charge in [0.1, 0.15) is 23.8 Å². The Morgan fingerprint density at radius 1 is 1.12 bits per heavy atom. The van der Waals surface area contributed by atoms with Crippen molar-refractivity contribution in [3.05, 3.63) is 75.9 Å². The predicted molar refractivity (Wildman–Crippen MR) is 93.6 cm³/mol. The highest BCUT2D eigenvalue weighted by atomic mass is 19.1. The monoisotopic (exact) mass is 356 g/mol. The molecule has 0 aliphatic heterocycles. The van der Waals surface area contributed by atoms with E-state index in [2.05, 4.69) is 0 Å². The third-order valence-corrected chi connectivity index (χ3v) is 3.98. The Balaban J connectivity index is 1.68. The maximum atomic E-state index is 13.6. The van der Waals surface area contributed by atoms with Gasteiger partial charge in [-0.25, -0.2) is 9.18 Å². The van der Waals surface area contributed by atoms with Crippen LogP contribution in [0.5, 0.6) is 5.75 Å². The number of ether oxygens (including phenoxy) is 2. The molecular weight excluding hydrogens is 339 g/mol. The van der Waals surface area contributed by atoms with Crippen LogP contribution >= 0.6 is 0 Å². The number of benzene rings is 2. The van der Waals surface area contributed by atoms with Gasteiger partial charge in [0.25, 0.3) is 0 Å². The lowest BCUT2D eigenvalue weighted by molar-refractivity contribution is -0.144. The van der Waals surface area contributed by atoms with Gasteiger partial charge in [-0.1, -0.05) is 18.2 Å². The van der Waals surface area contributed by atoms with E-state index in [0.29, 0.717) is 27.8 Å². The van der Waals surface area contributed by atoms with Gasteiger partial charge >= 0.3 is 11.6 Å². The molecule has 0 fully saturated rings. The van der Waals surface area contributed by atoms with E-state index in [-0.39, 0.29) is 25.3 Å². The van der Waals surface area contributed by atoms with Crippen molar-refractivity contribution < 1.29 is 23.1 Å². The van der Waals surface area contributed by atoms with Crippen LogP contribution in [-0.4, -0.2) is 13.1 Å². The molecule has 3 aromatic rings. The van der Waals surface area contributed by atoms with E-state index >= 15 is 0 Å². The van der Waals surface area contributed by atoms with E-state index in [1.165, 1.54) is 19.2 Å². The van der Waals surface area contributed by atoms with Crippen molar-refractivity contribution in [2.75, 3.05) is 7.11 Å². The number of fused-ring (bicyclic) bond motifs is 1. The molecule has 0 amide bonds. The Morgan fingerprint density at radius 2 is 1.92 bits per heavy atom. The zero-order valence-electron chi connectivity index (χ0n) is 14.2. The first kappa shape index (κ1) is 17.7. The highest BCUT2D eigenvalue weighted by Gasteiger charge is 2.11. The minimum Gasteiger partial charge on any atom is -0.497 e. The highest BCUT2D eigenvalue weighted by molar-refractivity contribution is 5.81. The van der Waals surface area contributed by atoms with Crippen LogP contribution in [0.4, 0.5) is 4.39 Å². The van der Waals surface area contributed by atoms with Crippen molar-refractivity contribution in [1.29, 1.82) is 0 Å². The maximum absolute atomic E-state index is 13.6. The van der Waals surface area contributed by atoms with Crippen molar-refractivity contribution in [2.45, 2.75) is 19.4 Å². The Kier molecular flexibility index (Phi) is 5.31. The van der Waals surface area contributed by atoms with Crippen LogP contribution in [0.1, 0.15) is 17.5 Å². The second-order valence-electron chi connectivity index (χ2n) is 5.70. The van der Waals surface area contributed by atoms with Crippen LogP contribution in [0.2, 0.25) is 0 Å². The summed E-state index contributed by atoms with van der Waals surface area (Å²) in [5.74, 6) is -0.260. The zero-order valence-corrected chi connectivity index (χ0v) is 14.2. The number of carbonyl (C=O) groups excluding carboxylic acids is 1. The third-order valence-electron chi connectivity index (χ3n) is 3.98. The first-order valence-electron chi connectivity index (χ1n) is 8.06. The van der Waals surface area contributed by atoms with Crippen LogP contribution in [0, 0.1) is 5.82 Å². The molecule has 0 N–H and O–H groups in total. The first-order chi connectivity index (χ1) is 12.6. The normalized spacial score (nSPS) is 10.7. The lowest BCUT2D eigenvalue weighted by atomic mass is 10.1. The van der Waals surface area contributed by atoms with Crippen molar-refractivity contribution in [3.63, 3.8) is 0 Å². The van der Waals surface area contributed by atoms with E-state index in [0.717, 1.165) is 0 Å². The molecule has 0 bridgehead atoms. The quantitative estimate of drug-likeness (QED) is 0.499. The molecule has 0 unspecified atom stereocenters. The largest absolute Gasteiger partial charge is 0.497 e. The van der Waals surface area contributed by atoms with Gasteiger partial charge in [0.15, 0.2) is 0 Å². The minimum absolute atomic E-state index is 0.0497. The van der Waals surface area contributed by atoms with Crippen LogP contribution in [0.3, 0.4) is 0 Å². The van der Waals surface area contributed by atoms with Crippen molar-refractivity contribution in [1.82, 2.24) is 0 Å². The van der Waals surface area contributed by atoms with Crippen LogP contribution in [0.25, 0.3) is 11.0 Å². The third kappa shape index (κ3) is 4.08. The summed E-state index contributed by atoms with van der Waals surface area (Å²) in [4.78, 5) is 23.7. The SMILES string of the molecule is COc1ccc2c(COC(=O)CCc3ccccc3F)cc(=O)oc2c1. The molecule has 5 nitrogen and oxygen atoms in total. The smallest absolute Gasteiger partial charge is 0.336 e. The van der Waals surface area contributed by atoms with Gasteiger partial charge in [0.2, 0.25) is 0 Å². The minimum atomic E-state index is -0.539. The fourth-order valence-electron chi connectivity index (χ4n) is 2.62. The van der Waals surface area contributed by atoms with Crippen molar-refractivity contribution in [3.8, 4) is 5.75 Å². The molecule has 0 spiro atoms. The van der Waals surface area contributed by atoms with E-state index < -0.39 is 11.6 Å². The summed E-state index contributed by atoms with van der Waals surface area (Å²) < 4.78 is 29.1. The fourth-order valence-corrected chi connectivity index (χ4v) is 2.62. The fraction of sp³-hybridized carbons (Fsp3) is 0.200. The molecule has 0 atom stereocenters. The Labute approximate surface area is 149 Å². The van der Waals surface area contributed by atoms with E-state index in [1.807, 2.05) is 0 Å². The maximum Gasteiger partial charge on any atom is 0.336 e. The van der Waals surface area contributed by atoms with Crippen molar-refractivity contribution in [2.24, 2.45) is 0 Å². The number of rotatable bonds is 6. The Morgan fingerprint density at radius 3 is 2.69 bits per heavy atom. The van der Waals surface area contributed by atoms with Gasteiger partial charge in [-0.15, -0.1) is 0 Å². The number of halogens is 1. The number of esters is 1. The van der Waals surface area contributed by atoms with Crippen LogP contribution < -0.4 is 10.4 Å². The van der Waals surface area contributed by atoms with Crippen LogP contribution in [-0.2, 0) is 22.6 Å². The first-order valence-corrected chi connectivity index (χ1v) is 8.06. The van der Waals surface area contributed by atoms with Gasteiger partial charge in [-0.3, -0.25) is 4.79 Å². The molecule has 0 aliphatic rings. The lowest BCUT2D eigenvalue weighted by Crippen LogP contribution is -2.09. The zero-order chi connectivity index (χ0) is 18.5. The summed E-state index contributed by atoms with van der Waals surface area (Å²) in [6, 6.07) is 12.6. The summed E-state index contributed by atoms with van der Waals surface area (Å²) in [6.07, 6.45) is 0.300. The molecule has 6 heteroatoms. The molecule has 1 aromatic heterocycles. The topological polar surface area (TPSA) is 65.7 Å². The van der Waals surface area contributed by atoms with Crippen molar-refractivity contribution >= 4 is 16.9 Å². The predicted octanol–water partition coefficient (Wildman–Crippen LogP) is 3.62. The van der Waals surface area contributed by atoms with Gasteiger partial charge in [-0.2, -0.15) is 0 Å². The molecule has 0 saturated carbocycles. The number of methoxy groups -OCH3 is 1. The molecule has 134 valence electrons. The second kappa shape index (κ2) is 7.82. The summed E-state index contributed by atoms with van der Waals surface area (Å²) in [7, 11) is 1.51. The molecule has 1 heterocycles. The van der Waals surface area contributed by atoms with Gasteiger partial charge in [0, 0.05) is 29.5 Å². The Bertz CT molecular complexity index is 993. The molecule has 0 aliphatic carbocycles. The summed E-state index contributed by atoms with van der Waals surface area (Å²) in [5, 5.41) is 0.660. The molecule has 2 aromatic carbocycles. The van der Waals surface area contributed by atoms with E-state index in [1.54, 1.807) is 36.4 Å². The molecule has 3 rings (SSSR count). The molecular formula is C20H17FO5. The summed E-state index contributed by atoms with van der Waals surface area (Å²) >= 11 is 0. The average molecular weight is 356 g/mol. The van der Waals surface area contributed by atoms with Gasteiger partial charge < -0.3 is 13.9 Å². The summed E-state index contributed by atoms with van der Waals surface area (Å²) in [6.45, 7) is -0.0649. The number of hydrogen-bond donors (Lipinski definition) is 0. The molecule has 26 heavy (non-hydrogen) atoms. The van der Waals surface area contributed by atoms with Crippen LogP contribution in [0.15, 0.2) is 57.7 Å². The number of hydrogen-bond acceptors (Lipinski definition) is 5.